The summed E-state index contributed by atoms with van der Waals surface area (Å²) in [5.41, 5.74) is 4.26. The van der Waals surface area contributed by atoms with Gasteiger partial charge in [0.1, 0.15) is 11.5 Å². The lowest BCUT2D eigenvalue weighted by Crippen LogP contribution is -2.43. The van der Waals surface area contributed by atoms with E-state index in [-0.39, 0.29) is 18.1 Å². The van der Waals surface area contributed by atoms with E-state index in [1.807, 2.05) is 10.6 Å². The zero-order chi connectivity index (χ0) is 26.1. The number of aromatic nitrogens is 2. The lowest BCUT2D eigenvalue weighted by atomic mass is 10.00. The first-order valence-electron chi connectivity index (χ1n) is 12.3. The molecule has 0 aliphatic carbocycles. The Labute approximate surface area is 228 Å². The number of fused-ring (bicyclic) bond motifs is 2. The molecule has 1 atom stereocenters. The fourth-order valence-electron chi connectivity index (χ4n) is 5.14. The Hall–Kier alpha value is -3.15. The van der Waals surface area contributed by atoms with E-state index < -0.39 is 17.8 Å². The summed E-state index contributed by atoms with van der Waals surface area (Å²) in [5.74, 6) is -0.864. The molecule has 8 nitrogen and oxygen atoms in total. The summed E-state index contributed by atoms with van der Waals surface area (Å²) >= 11 is 2.28. The van der Waals surface area contributed by atoms with Gasteiger partial charge in [-0.3, -0.25) is 9.59 Å². The number of hydrogen-bond donors (Lipinski definition) is 2. The molecule has 0 unspecified atom stereocenters. The number of aryl methyl sites for hydroxylation is 3. The lowest BCUT2D eigenvalue weighted by Gasteiger charge is -2.35. The molecule has 0 radical (unpaired) electrons. The van der Waals surface area contributed by atoms with E-state index in [1.54, 1.807) is 11.0 Å². The molecule has 3 aromatic rings. The molecular weight excluding hydrogens is 590 g/mol. The summed E-state index contributed by atoms with van der Waals surface area (Å²) in [7, 11) is 1.37. The molecule has 0 spiro atoms. The van der Waals surface area contributed by atoms with Crippen molar-refractivity contribution in [2.24, 2.45) is 0 Å². The number of halogens is 2. The van der Waals surface area contributed by atoms with Crippen LogP contribution >= 0.6 is 22.6 Å². The van der Waals surface area contributed by atoms with Gasteiger partial charge in [0, 0.05) is 25.3 Å². The lowest BCUT2D eigenvalue weighted by molar-refractivity contribution is -0.138. The number of pyridine rings is 1. The van der Waals surface area contributed by atoms with Crippen LogP contribution in [0.1, 0.15) is 51.8 Å². The number of carbonyl (C=O) groups excluding carboxylic acids is 1. The average Bonchev–Trinajstić information content (AvgIpc) is 3.22. The second-order valence-corrected chi connectivity index (χ2v) is 10.4. The standard InChI is InChI=1S/C27H28FIN4O4/c1-37-23-9-6-17(13-20(23)28)21(15-24(34)35)33-12-11-32-22(27(33)36)14-18(25(32)29)5-8-19-7-4-16-3-2-10-30-26(16)31-19/h4,6-7,9,13-14,21H,2-3,5,8,10-12,15H2,1H3,(H,30,31)(H,34,35)/t21-/m0/s1. The maximum atomic E-state index is 14.4. The van der Waals surface area contributed by atoms with Gasteiger partial charge in [-0.15, -0.1) is 0 Å². The number of benzene rings is 1. The molecule has 10 heteroatoms. The van der Waals surface area contributed by atoms with Crippen LogP contribution in [0.2, 0.25) is 0 Å². The third-order valence-corrected chi connectivity index (χ3v) is 8.33. The summed E-state index contributed by atoms with van der Waals surface area (Å²) in [6, 6.07) is 9.66. The first-order chi connectivity index (χ1) is 17.9. The Morgan fingerprint density at radius 1 is 1.24 bits per heavy atom. The highest BCUT2D eigenvalue weighted by Crippen LogP contribution is 2.33. The van der Waals surface area contributed by atoms with E-state index in [0.717, 1.165) is 53.0 Å². The van der Waals surface area contributed by atoms with E-state index >= 15 is 0 Å². The topological polar surface area (TPSA) is 96.7 Å². The van der Waals surface area contributed by atoms with Gasteiger partial charge in [0.2, 0.25) is 0 Å². The summed E-state index contributed by atoms with van der Waals surface area (Å²) in [6.45, 7) is 1.81. The first-order valence-corrected chi connectivity index (χ1v) is 13.4. The minimum Gasteiger partial charge on any atom is -0.494 e. The van der Waals surface area contributed by atoms with Crippen molar-refractivity contribution in [2.45, 2.75) is 44.7 Å². The van der Waals surface area contributed by atoms with Crippen LogP contribution in [-0.4, -0.2) is 51.6 Å². The highest BCUT2D eigenvalue weighted by Gasteiger charge is 2.34. The Morgan fingerprint density at radius 2 is 2.08 bits per heavy atom. The van der Waals surface area contributed by atoms with E-state index in [1.165, 1.54) is 24.8 Å². The zero-order valence-electron chi connectivity index (χ0n) is 20.5. The van der Waals surface area contributed by atoms with Gasteiger partial charge in [0.25, 0.3) is 5.91 Å². The van der Waals surface area contributed by atoms with Gasteiger partial charge in [-0.2, -0.15) is 0 Å². The number of hydrogen-bond acceptors (Lipinski definition) is 5. The fourth-order valence-corrected chi connectivity index (χ4v) is 6.07. The minimum absolute atomic E-state index is 0.0695. The number of carboxylic acids is 1. The number of anilines is 1. The van der Waals surface area contributed by atoms with E-state index in [2.05, 4.69) is 40.0 Å². The zero-order valence-corrected chi connectivity index (χ0v) is 22.6. The molecule has 2 N–H and O–H groups in total. The molecule has 0 saturated carbocycles. The van der Waals surface area contributed by atoms with E-state index in [9.17, 15) is 19.1 Å². The number of ether oxygens (including phenoxy) is 1. The predicted octanol–water partition coefficient (Wildman–Crippen LogP) is 4.45. The molecule has 194 valence electrons. The molecule has 0 saturated heterocycles. The average molecular weight is 618 g/mol. The molecule has 0 fully saturated rings. The van der Waals surface area contributed by atoms with Crippen LogP contribution in [0.3, 0.4) is 0 Å². The van der Waals surface area contributed by atoms with Crippen LogP contribution < -0.4 is 10.1 Å². The number of amides is 1. The largest absolute Gasteiger partial charge is 0.494 e. The summed E-state index contributed by atoms with van der Waals surface area (Å²) in [5, 5.41) is 12.9. The van der Waals surface area contributed by atoms with Gasteiger partial charge >= 0.3 is 5.97 Å². The van der Waals surface area contributed by atoms with Crippen molar-refractivity contribution in [2.75, 3.05) is 25.5 Å². The first kappa shape index (κ1) is 25.5. The Morgan fingerprint density at radius 3 is 2.84 bits per heavy atom. The second kappa shape index (κ2) is 10.7. The van der Waals surface area contributed by atoms with E-state index in [4.69, 9.17) is 9.72 Å². The van der Waals surface area contributed by atoms with Crippen LogP contribution in [0.25, 0.3) is 0 Å². The quantitative estimate of drug-likeness (QED) is 0.363. The van der Waals surface area contributed by atoms with Crippen LogP contribution in [-0.2, 0) is 30.6 Å². The van der Waals surface area contributed by atoms with E-state index in [0.29, 0.717) is 24.3 Å². The normalized spacial score (nSPS) is 15.5. The monoisotopic (exact) mass is 618 g/mol. The van der Waals surface area contributed by atoms with Gasteiger partial charge in [-0.1, -0.05) is 12.1 Å². The number of nitrogens with zero attached hydrogens (tertiary/aromatic N) is 3. The Bertz CT molecular complexity index is 1360. The van der Waals surface area contributed by atoms with Crippen molar-refractivity contribution in [3.8, 4) is 5.75 Å². The second-order valence-electron chi connectivity index (χ2n) is 9.34. The Balaban J connectivity index is 1.37. The van der Waals surface area contributed by atoms with Crippen molar-refractivity contribution in [3.63, 3.8) is 0 Å². The highest BCUT2D eigenvalue weighted by atomic mass is 127. The van der Waals surface area contributed by atoms with Gasteiger partial charge < -0.3 is 24.6 Å². The van der Waals surface area contributed by atoms with Gasteiger partial charge in [0.15, 0.2) is 11.6 Å². The fraction of sp³-hybridized carbons (Fsp3) is 0.370. The molecule has 1 amide bonds. The summed E-state index contributed by atoms with van der Waals surface area (Å²) < 4.78 is 22.4. The van der Waals surface area contributed by atoms with Crippen LogP contribution in [0.15, 0.2) is 36.4 Å². The molecule has 2 aliphatic heterocycles. The van der Waals surface area contributed by atoms with Crippen molar-refractivity contribution in [1.82, 2.24) is 14.5 Å². The summed E-state index contributed by atoms with van der Waals surface area (Å²) in [4.78, 5) is 31.6. The molecule has 2 aromatic heterocycles. The highest BCUT2D eigenvalue weighted by molar-refractivity contribution is 14.1. The molecule has 1 aromatic carbocycles. The summed E-state index contributed by atoms with van der Waals surface area (Å²) in [6.07, 6.45) is 3.33. The van der Waals surface area contributed by atoms with Gasteiger partial charge in [-0.05, 0) is 89.2 Å². The molecule has 0 bridgehead atoms. The SMILES string of the molecule is COc1ccc([C@H](CC(=O)O)N2CCn3c(cc(CCc4ccc5c(n4)NCCC5)c3I)C2=O)cc1F. The Kier molecular flexibility index (Phi) is 7.36. The number of aliphatic carboxylic acids is 1. The molecule has 37 heavy (non-hydrogen) atoms. The number of rotatable bonds is 8. The van der Waals surface area contributed by atoms with Crippen LogP contribution in [0.5, 0.6) is 5.75 Å². The van der Waals surface area contributed by atoms with Crippen LogP contribution in [0, 0.1) is 9.52 Å². The molecule has 4 heterocycles. The predicted molar refractivity (Wildman–Crippen MR) is 145 cm³/mol. The molecule has 2 aliphatic rings. The third-order valence-electron chi connectivity index (χ3n) is 7.06. The number of nitrogens with one attached hydrogen (secondary N) is 1. The van der Waals surface area contributed by atoms with Crippen molar-refractivity contribution >= 4 is 40.3 Å². The minimum atomic E-state index is -1.06. The number of carbonyl (C=O) groups is 2. The smallest absolute Gasteiger partial charge is 0.305 e. The maximum absolute atomic E-state index is 14.4. The molecular formula is C27H28FIN4O4. The molecule has 5 rings (SSSR count). The van der Waals surface area contributed by atoms with Crippen molar-refractivity contribution in [3.05, 3.63) is 74.0 Å². The number of methoxy groups -OCH3 is 1. The maximum Gasteiger partial charge on any atom is 0.305 e. The van der Waals surface area contributed by atoms with Crippen molar-refractivity contribution < 1.29 is 23.8 Å². The van der Waals surface area contributed by atoms with Crippen LogP contribution in [0.4, 0.5) is 10.2 Å². The van der Waals surface area contributed by atoms with Gasteiger partial charge in [-0.25, -0.2) is 9.37 Å². The number of carboxylic acid groups (broad SMARTS) is 1. The van der Waals surface area contributed by atoms with Gasteiger partial charge in [0.05, 0.1) is 23.3 Å². The van der Waals surface area contributed by atoms with Crippen molar-refractivity contribution in [1.29, 1.82) is 0 Å². The third kappa shape index (κ3) is 5.16.